The zero-order chi connectivity index (χ0) is 10.8. The molecular weight excluding hydrogens is 204 g/mol. The van der Waals surface area contributed by atoms with E-state index in [9.17, 15) is 8.42 Å². The first-order valence-electron chi connectivity index (χ1n) is 3.89. The van der Waals surface area contributed by atoms with Crippen molar-refractivity contribution in [3.8, 4) is 5.75 Å². The van der Waals surface area contributed by atoms with Crippen LogP contribution in [0.4, 0.5) is 5.69 Å². The van der Waals surface area contributed by atoms with Crippen LogP contribution in [0.15, 0.2) is 24.3 Å². The van der Waals surface area contributed by atoms with Gasteiger partial charge in [0.1, 0.15) is 5.75 Å². The summed E-state index contributed by atoms with van der Waals surface area (Å²) in [6.45, 7) is 0. The lowest BCUT2D eigenvalue weighted by molar-refractivity contribution is 0.475. The smallest absolute Gasteiger partial charge is 0.225 e. The molecule has 5 nitrogen and oxygen atoms in total. The van der Waals surface area contributed by atoms with E-state index in [0.29, 0.717) is 5.69 Å². The summed E-state index contributed by atoms with van der Waals surface area (Å²) in [4.78, 5) is 2.28. The number of phenolic OH excluding ortho intramolecular Hbond substituents is 1. The summed E-state index contributed by atoms with van der Waals surface area (Å²) in [6.07, 6.45) is 1.07. The van der Waals surface area contributed by atoms with Crippen LogP contribution >= 0.6 is 0 Å². The highest BCUT2D eigenvalue weighted by Gasteiger charge is 2.06. The lowest BCUT2D eigenvalue weighted by Gasteiger charge is -2.18. The van der Waals surface area contributed by atoms with Crippen molar-refractivity contribution < 1.29 is 13.5 Å². The second-order valence-electron chi connectivity index (χ2n) is 2.94. The summed E-state index contributed by atoms with van der Waals surface area (Å²) in [7, 11) is -1.69. The Morgan fingerprint density at radius 1 is 1.29 bits per heavy atom. The number of sulfonamides is 1. The Kier molecular flexibility index (Phi) is 2.97. The fourth-order valence-electron chi connectivity index (χ4n) is 0.978. The molecule has 0 aromatic heterocycles. The fraction of sp³-hybridized carbons (Fsp3) is 0.250. The first-order chi connectivity index (χ1) is 6.38. The molecule has 0 bridgehead atoms. The highest BCUT2D eigenvalue weighted by molar-refractivity contribution is 7.88. The van der Waals surface area contributed by atoms with E-state index in [1.807, 2.05) is 0 Å². The molecule has 1 aromatic carbocycles. The van der Waals surface area contributed by atoms with E-state index in [0.717, 1.165) is 6.26 Å². The number of nitrogens with zero attached hydrogens (tertiary/aromatic N) is 1. The molecule has 0 aliphatic heterocycles. The van der Waals surface area contributed by atoms with Crippen LogP contribution in [0.5, 0.6) is 5.75 Å². The van der Waals surface area contributed by atoms with Crippen LogP contribution in [0, 0.1) is 0 Å². The van der Waals surface area contributed by atoms with Crippen molar-refractivity contribution >= 4 is 15.7 Å². The predicted octanol–water partition coefficient (Wildman–Crippen LogP) is 0.293. The van der Waals surface area contributed by atoms with Crippen LogP contribution in [0.3, 0.4) is 0 Å². The van der Waals surface area contributed by atoms with Gasteiger partial charge in [-0.2, -0.15) is 0 Å². The molecule has 0 fully saturated rings. The van der Waals surface area contributed by atoms with E-state index < -0.39 is 10.0 Å². The average Bonchev–Trinajstić information content (AvgIpc) is 2.02. The number of hydrogen-bond donors (Lipinski definition) is 2. The van der Waals surface area contributed by atoms with Crippen molar-refractivity contribution in [2.75, 3.05) is 18.3 Å². The third-order valence-electron chi connectivity index (χ3n) is 1.54. The number of hydrazine groups is 1. The number of nitrogens with one attached hydrogen (secondary N) is 1. The summed E-state index contributed by atoms with van der Waals surface area (Å²) >= 11 is 0. The number of hydrogen-bond acceptors (Lipinski definition) is 4. The fourth-order valence-corrected chi connectivity index (χ4v) is 1.58. The van der Waals surface area contributed by atoms with Crippen molar-refractivity contribution in [3.63, 3.8) is 0 Å². The van der Waals surface area contributed by atoms with E-state index in [1.54, 1.807) is 19.2 Å². The molecule has 0 spiro atoms. The van der Waals surface area contributed by atoms with E-state index in [4.69, 9.17) is 5.11 Å². The van der Waals surface area contributed by atoms with Crippen molar-refractivity contribution in [2.24, 2.45) is 0 Å². The number of benzene rings is 1. The van der Waals surface area contributed by atoms with E-state index in [2.05, 4.69) is 4.83 Å². The topological polar surface area (TPSA) is 69.6 Å². The van der Waals surface area contributed by atoms with Gasteiger partial charge in [0.05, 0.1) is 11.9 Å². The first kappa shape index (κ1) is 10.8. The molecule has 0 saturated heterocycles. The van der Waals surface area contributed by atoms with Gasteiger partial charge in [0.15, 0.2) is 0 Å². The van der Waals surface area contributed by atoms with Gasteiger partial charge in [0, 0.05) is 7.05 Å². The van der Waals surface area contributed by atoms with Crippen LogP contribution in [-0.4, -0.2) is 26.8 Å². The minimum Gasteiger partial charge on any atom is -0.508 e. The number of aromatic hydroxyl groups is 1. The third-order valence-corrected chi connectivity index (χ3v) is 2.15. The van der Waals surface area contributed by atoms with Crippen molar-refractivity contribution in [3.05, 3.63) is 24.3 Å². The van der Waals surface area contributed by atoms with Gasteiger partial charge >= 0.3 is 0 Å². The highest BCUT2D eigenvalue weighted by Crippen LogP contribution is 2.15. The van der Waals surface area contributed by atoms with Crippen molar-refractivity contribution in [1.29, 1.82) is 0 Å². The van der Waals surface area contributed by atoms with Crippen LogP contribution < -0.4 is 9.84 Å². The second-order valence-corrected chi connectivity index (χ2v) is 4.67. The quantitative estimate of drug-likeness (QED) is 0.713. The predicted molar refractivity (Wildman–Crippen MR) is 54.5 cm³/mol. The molecule has 0 amide bonds. The van der Waals surface area contributed by atoms with Crippen LogP contribution in [0.1, 0.15) is 0 Å². The van der Waals surface area contributed by atoms with Gasteiger partial charge in [-0.1, -0.05) is 0 Å². The highest BCUT2D eigenvalue weighted by atomic mass is 32.2. The molecule has 0 atom stereocenters. The summed E-state index contributed by atoms with van der Waals surface area (Å²) in [5.41, 5.74) is 0.647. The Bertz CT molecular complexity index is 399. The zero-order valence-electron chi connectivity index (χ0n) is 7.93. The van der Waals surface area contributed by atoms with Gasteiger partial charge in [-0.15, -0.1) is 4.83 Å². The Balaban J connectivity index is 2.80. The molecule has 1 rings (SSSR count). The maximum atomic E-state index is 10.9. The number of anilines is 1. The summed E-state index contributed by atoms with van der Waals surface area (Å²) in [5.74, 6) is 0.140. The normalized spacial score (nSPS) is 11.3. The minimum atomic E-state index is -3.27. The summed E-state index contributed by atoms with van der Waals surface area (Å²) in [6, 6.07) is 6.17. The number of rotatable bonds is 3. The molecule has 6 heteroatoms. The van der Waals surface area contributed by atoms with Gasteiger partial charge in [0.25, 0.3) is 0 Å². The largest absolute Gasteiger partial charge is 0.508 e. The molecule has 0 aliphatic rings. The lowest BCUT2D eigenvalue weighted by Crippen LogP contribution is -2.38. The first-order valence-corrected chi connectivity index (χ1v) is 5.78. The van der Waals surface area contributed by atoms with Crippen LogP contribution in [0.2, 0.25) is 0 Å². The second kappa shape index (κ2) is 3.85. The Labute approximate surface area is 83.0 Å². The molecule has 78 valence electrons. The Morgan fingerprint density at radius 3 is 2.21 bits per heavy atom. The Morgan fingerprint density at radius 2 is 1.79 bits per heavy atom. The van der Waals surface area contributed by atoms with Crippen molar-refractivity contribution in [2.45, 2.75) is 0 Å². The standard InChI is InChI=1S/C8H12N2O3S/c1-10(9-14(2,12)13)7-3-5-8(11)6-4-7/h3-6,9,11H,1-2H3. The van der Waals surface area contributed by atoms with Gasteiger partial charge < -0.3 is 5.11 Å². The SMILES string of the molecule is CN(NS(C)(=O)=O)c1ccc(O)cc1. The zero-order valence-corrected chi connectivity index (χ0v) is 8.75. The maximum Gasteiger partial charge on any atom is 0.225 e. The molecule has 1 aromatic rings. The van der Waals surface area contributed by atoms with E-state index >= 15 is 0 Å². The summed E-state index contributed by atoms with van der Waals surface area (Å²) < 4.78 is 21.8. The molecule has 0 heterocycles. The summed E-state index contributed by atoms with van der Waals surface area (Å²) in [5, 5.41) is 10.4. The van der Waals surface area contributed by atoms with Gasteiger partial charge in [-0.25, -0.2) is 8.42 Å². The Hall–Kier alpha value is -1.27. The van der Waals surface area contributed by atoms with Gasteiger partial charge in [0.2, 0.25) is 10.0 Å². The van der Waals surface area contributed by atoms with Crippen LogP contribution in [0.25, 0.3) is 0 Å². The molecule has 0 saturated carbocycles. The monoisotopic (exact) mass is 216 g/mol. The van der Waals surface area contributed by atoms with Gasteiger partial charge in [-0.05, 0) is 24.3 Å². The lowest BCUT2D eigenvalue weighted by atomic mass is 10.3. The average molecular weight is 216 g/mol. The molecule has 0 aliphatic carbocycles. The minimum absolute atomic E-state index is 0.140. The third kappa shape index (κ3) is 3.23. The molecule has 14 heavy (non-hydrogen) atoms. The van der Waals surface area contributed by atoms with Gasteiger partial charge in [-0.3, -0.25) is 5.01 Å². The number of phenols is 1. The molecular formula is C8H12N2O3S. The van der Waals surface area contributed by atoms with E-state index in [1.165, 1.54) is 17.1 Å². The molecule has 2 N–H and O–H groups in total. The molecule has 0 unspecified atom stereocenters. The van der Waals surface area contributed by atoms with Crippen LogP contribution in [-0.2, 0) is 10.0 Å². The van der Waals surface area contributed by atoms with E-state index in [-0.39, 0.29) is 5.75 Å². The molecule has 0 radical (unpaired) electrons. The van der Waals surface area contributed by atoms with Crippen molar-refractivity contribution in [1.82, 2.24) is 4.83 Å². The maximum absolute atomic E-state index is 10.9.